The van der Waals surface area contributed by atoms with Crippen LogP contribution in [0.15, 0.2) is 52.7 Å². The number of rotatable bonds is 9. The molecule has 1 heterocycles. The van der Waals surface area contributed by atoms with Gasteiger partial charge in [0, 0.05) is 22.3 Å². The summed E-state index contributed by atoms with van der Waals surface area (Å²) in [6.07, 6.45) is 1.13. The van der Waals surface area contributed by atoms with Gasteiger partial charge in [0.2, 0.25) is 5.91 Å². The summed E-state index contributed by atoms with van der Waals surface area (Å²) in [6.45, 7) is 0. The van der Waals surface area contributed by atoms with Crippen LogP contribution in [0.1, 0.15) is 12.8 Å². The lowest BCUT2D eigenvalue weighted by molar-refractivity contribution is -0.116. The number of methoxy groups -OCH3 is 2. The molecule has 29 heavy (non-hydrogen) atoms. The molecule has 0 atom stereocenters. The molecular formula is C21H21FN2O3S2. The molecule has 1 aromatic heterocycles. The maximum atomic E-state index is 12.9. The molecule has 1 amide bonds. The Kier molecular flexibility index (Phi) is 7.48. The first-order valence-corrected chi connectivity index (χ1v) is 10.8. The molecule has 152 valence electrons. The van der Waals surface area contributed by atoms with Crippen LogP contribution in [0.4, 0.5) is 9.52 Å². The van der Waals surface area contributed by atoms with E-state index in [9.17, 15) is 9.18 Å². The van der Waals surface area contributed by atoms with Crippen LogP contribution in [0.3, 0.4) is 0 Å². The first-order valence-electron chi connectivity index (χ1n) is 8.95. The predicted octanol–water partition coefficient (Wildman–Crippen LogP) is 5.48. The van der Waals surface area contributed by atoms with Gasteiger partial charge in [0.15, 0.2) is 16.6 Å². The Hall–Kier alpha value is -2.58. The molecule has 8 heteroatoms. The van der Waals surface area contributed by atoms with Crippen LogP contribution in [-0.4, -0.2) is 30.9 Å². The molecule has 0 aliphatic rings. The molecule has 1 N–H and O–H groups in total. The number of carbonyl (C=O) groups excluding carboxylic acids is 1. The van der Waals surface area contributed by atoms with Gasteiger partial charge in [-0.25, -0.2) is 9.37 Å². The standard InChI is InChI=1S/C21H21FN2O3S2/c1-26-18-10-5-14(12-19(18)27-2)17-13-29-21(23-17)24-20(25)4-3-11-28-16-8-6-15(22)7-9-16/h5-10,12-13H,3-4,11H2,1-2H3,(H,23,24,25). The first-order chi connectivity index (χ1) is 14.1. The lowest BCUT2D eigenvalue weighted by Crippen LogP contribution is -2.11. The fourth-order valence-electron chi connectivity index (χ4n) is 2.59. The molecular weight excluding hydrogens is 411 g/mol. The number of nitrogens with one attached hydrogen (secondary N) is 1. The SMILES string of the molecule is COc1ccc(-c2csc(NC(=O)CCCSc3ccc(F)cc3)n2)cc1OC. The summed E-state index contributed by atoms with van der Waals surface area (Å²) in [5.74, 6) is 1.75. The van der Waals surface area contributed by atoms with E-state index in [-0.39, 0.29) is 11.7 Å². The molecule has 2 aromatic carbocycles. The van der Waals surface area contributed by atoms with Gasteiger partial charge in [0.25, 0.3) is 0 Å². The van der Waals surface area contributed by atoms with Gasteiger partial charge in [0.05, 0.1) is 19.9 Å². The number of ether oxygens (including phenoxy) is 2. The monoisotopic (exact) mass is 432 g/mol. The number of carbonyl (C=O) groups is 1. The van der Waals surface area contributed by atoms with E-state index in [2.05, 4.69) is 10.3 Å². The predicted molar refractivity (Wildman–Crippen MR) is 116 cm³/mol. The molecule has 5 nitrogen and oxygen atoms in total. The number of amides is 1. The van der Waals surface area contributed by atoms with Crippen molar-refractivity contribution in [1.29, 1.82) is 0 Å². The number of hydrogen-bond acceptors (Lipinski definition) is 6. The van der Waals surface area contributed by atoms with Gasteiger partial charge < -0.3 is 14.8 Å². The summed E-state index contributed by atoms with van der Waals surface area (Å²) in [5, 5.41) is 5.29. The molecule has 0 unspecified atom stereocenters. The van der Waals surface area contributed by atoms with Crippen LogP contribution in [0.2, 0.25) is 0 Å². The summed E-state index contributed by atoms with van der Waals surface area (Å²) < 4.78 is 23.5. The van der Waals surface area contributed by atoms with E-state index in [0.29, 0.717) is 23.1 Å². The van der Waals surface area contributed by atoms with Crippen LogP contribution >= 0.6 is 23.1 Å². The Bertz CT molecular complexity index is 961. The number of benzene rings is 2. The van der Waals surface area contributed by atoms with Crippen molar-refractivity contribution < 1.29 is 18.7 Å². The van der Waals surface area contributed by atoms with Crippen LogP contribution in [0.25, 0.3) is 11.3 Å². The smallest absolute Gasteiger partial charge is 0.226 e. The second kappa shape index (κ2) is 10.3. The topological polar surface area (TPSA) is 60.5 Å². The molecule has 0 saturated carbocycles. The average molecular weight is 433 g/mol. The molecule has 3 rings (SSSR count). The highest BCUT2D eigenvalue weighted by Gasteiger charge is 2.11. The lowest BCUT2D eigenvalue weighted by Gasteiger charge is -2.08. The van der Waals surface area contributed by atoms with Gasteiger partial charge in [-0.1, -0.05) is 0 Å². The van der Waals surface area contributed by atoms with Gasteiger partial charge in [0.1, 0.15) is 5.82 Å². The molecule has 0 saturated heterocycles. The second-order valence-corrected chi connectivity index (χ2v) is 8.09. The fourth-order valence-corrected chi connectivity index (χ4v) is 4.18. The molecule has 0 bridgehead atoms. The van der Waals surface area contributed by atoms with Gasteiger partial charge >= 0.3 is 0 Å². The molecule has 0 radical (unpaired) electrons. The zero-order valence-corrected chi connectivity index (χ0v) is 17.7. The zero-order valence-electron chi connectivity index (χ0n) is 16.1. The Morgan fingerprint density at radius 1 is 1.14 bits per heavy atom. The highest BCUT2D eigenvalue weighted by atomic mass is 32.2. The van der Waals surface area contributed by atoms with Crippen LogP contribution < -0.4 is 14.8 Å². The van der Waals surface area contributed by atoms with Crippen molar-refractivity contribution in [2.24, 2.45) is 0 Å². The van der Waals surface area contributed by atoms with Crippen molar-refractivity contribution >= 4 is 34.1 Å². The number of hydrogen-bond donors (Lipinski definition) is 1. The number of halogens is 1. The van der Waals surface area contributed by atoms with E-state index in [1.54, 1.807) is 38.1 Å². The summed E-state index contributed by atoms with van der Waals surface area (Å²) in [7, 11) is 3.18. The normalized spacial score (nSPS) is 10.6. The molecule has 0 fully saturated rings. The minimum atomic E-state index is -0.246. The van der Waals surface area contributed by atoms with Gasteiger partial charge in [-0.15, -0.1) is 23.1 Å². The second-order valence-electron chi connectivity index (χ2n) is 6.06. The molecule has 3 aromatic rings. The van der Waals surface area contributed by atoms with E-state index < -0.39 is 0 Å². The summed E-state index contributed by atoms with van der Waals surface area (Å²) in [6, 6.07) is 11.9. The Morgan fingerprint density at radius 3 is 2.62 bits per heavy atom. The van der Waals surface area contributed by atoms with Crippen molar-refractivity contribution in [3.05, 3.63) is 53.7 Å². The number of nitrogens with zero attached hydrogens (tertiary/aromatic N) is 1. The lowest BCUT2D eigenvalue weighted by atomic mass is 10.1. The van der Waals surface area contributed by atoms with E-state index in [4.69, 9.17) is 9.47 Å². The third-order valence-electron chi connectivity index (χ3n) is 4.06. The average Bonchev–Trinajstić information content (AvgIpc) is 3.20. The van der Waals surface area contributed by atoms with Crippen LogP contribution in [-0.2, 0) is 4.79 Å². The highest BCUT2D eigenvalue weighted by molar-refractivity contribution is 7.99. The largest absolute Gasteiger partial charge is 0.493 e. The zero-order chi connectivity index (χ0) is 20.6. The number of aromatic nitrogens is 1. The van der Waals surface area contributed by atoms with Gasteiger partial charge in [-0.2, -0.15) is 0 Å². The van der Waals surface area contributed by atoms with Crippen molar-refractivity contribution in [2.45, 2.75) is 17.7 Å². The van der Waals surface area contributed by atoms with Crippen molar-refractivity contribution in [3.63, 3.8) is 0 Å². The minimum Gasteiger partial charge on any atom is -0.493 e. The quantitative estimate of drug-likeness (QED) is 0.358. The number of thioether (sulfide) groups is 1. The van der Waals surface area contributed by atoms with Gasteiger partial charge in [-0.3, -0.25) is 4.79 Å². The fraction of sp³-hybridized carbons (Fsp3) is 0.238. The first kappa shape index (κ1) is 21.1. The highest BCUT2D eigenvalue weighted by Crippen LogP contribution is 2.33. The van der Waals surface area contributed by atoms with Crippen LogP contribution in [0, 0.1) is 5.82 Å². The van der Waals surface area contributed by atoms with E-state index in [1.807, 2.05) is 23.6 Å². The van der Waals surface area contributed by atoms with E-state index in [1.165, 1.54) is 23.5 Å². The maximum absolute atomic E-state index is 12.9. The third-order valence-corrected chi connectivity index (χ3v) is 5.92. The molecule has 0 spiro atoms. The Labute approximate surface area is 177 Å². The van der Waals surface area contributed by atoms with Crippen molar-refractivity contribution in [2.75, 3.05) is 25.3 Å². The third kappa shape index (κ3) is 5.95. The summed E-state index contributed by atoms with van der Waals surface area (Å²) >= 11 is 2.98. The minimum absolute atomic E-state index is 0.0714. The number of thiazole rings is 1. The van der Waals surface area contributed by atoms with E-state index >= 15 is 0 Å². The summed E-state index contributed by atoms with van der Waals surface area (Å²) in [4.78, 5) is 17.6. The maximum Gasteiger partial charge on any atom is 0.226 e. The van der Waals surface area contributed by atoms with E-state index in [0.717, 1.165) is 28.3 Å². The Balaban J connectivity index is 1.49. The molecule has 0 aliphatic heterocycles. The van der Waals surface area contributed by atoms with Crippen LogP contribution in [0.5, 0.6) is 11.5 Å². The Morgan fingerprint density at radius 2 is 1.90 bits per heavy atom. The van der Waals surface area contributed by atoms with Crippen molar-refractivity contribution in [1.82, 2.24) is 4.98 Å². The number of anilines is 1. The van der Waals surface area contributed by atoms with Crippen molar-refractivity contribution in [3.8, 4) is 22.8 Å². The molecule has 0 aliphatic carbocycles. The van der Waals surface area contributed by atoms with Gasteiger partial charge in [-0.05, 0) is 54.6 Å². The summed E-state index contributed by atoms with van der Waals surface area (Å²) in [5.41, 5.74) is 1.65.